The lowest BCUT2D eigenvalue weighted by Gasteiger charge is -2.30. The molecule has 0 atom stereocenters. The van der Waals surface area contributed by atoms with Gasteiger partial charge in [-0.25, -0.2) is 0 Å². The van der Waals surface area contributed by atoms with Crippen LogP contribution in [0.15, 0.2) is 197 Å². The molecule has 10 aromatic carbocycles. The second-order valence-electron chi connectivity index (χ2n) is 18.2. The molecule has 2 heterocycles. The third-order valence-electron chi connectivity index (χ3n) is 13.4. The van der Waals surface area contributed by atoms with Crippen molar-refractivity contribution in [3.05, 3.63) is 205 Å². The molecule has 0 amide bonds. The monoisotopic (exact) mass is 840 g/mol. The first-order valence-electron chi connectivity index (χ1n) is 22.8. The van der Waals surface area contributed by atoms with Gasteiger partial charge in [0.1, 0.15) is 16.7 Å². The first kappa shape index (κ1) is 38.8. The summed E-state index contributed by atoms with van der Waals surface area (Å²) < 4.78 is 13.2. The van der Waals surface area contributed by atoms with E-state index in [-0.39, 0.29) is 0 Å². The second kappa shape index (κ2) is 15.2. The number of hydrogen-bond donors (Lipinski definition) is 0. The Bertz CT molecular complexity index is 3800. The molecule has 0 aliphatic carbocycles. The Labute approximate surface area is 378 Å². The number of fused-ring (bicyclic) bond motifs is 11. The van der Waals surface area contributed by atoms with Gasteiger partial charge in [-0.05, 0) is 130 Å². The molecule has 0 unspecified atom stereocenters. The predicted octanol–water partition coefficient (Wildman–Crippen LogP) is 18.4. The highest BCUT2D eigenvalue weighted by Crippen LogP contribution is 2.50. The number of rotatable bonds is 8. The van der Waals surface area contributed by atoms with Crippen molar-refractivity contribution in [2.45, 2.75) is 46.5 Å². The molecule has 65 heavy (non-hydrogen) atoms. The molecule has 0 bridgehead atoms. The first-order valence-corrected chi connectivity index (χ1v) is 22.8. The van der Waals surface area contributed by atoms with Crippen molar-refractivity contribution in [2.24, 2.45) is 0 Å². The maximum Gasteiger partial charge on any atom is 0.159 e. The molecule has 0 radical (unpaired) electrons. The van der Waals surface area contributed by atoms with Crippen LogP contribution in [0.5, 0.6) is 0 Å². The number of aryl methyl sites for hydroxylation is 1. The van der Waals surface area contributed by atoms with Gasteiger partial charge in [-0.2, -0.15) is 0 Å². The van der Waals surface area contributed by atoms with Gasteiger partial charge in [-0.15, -0.1) is 0 Å². The maximum atomic E-state index is 6.78. The molecule has 4 heteroatoms. The minimum atomic E-state index is 0.413. The summed E-state index contributed by atoms with van der Waals surface area (Å²) in [7, 11) is 0. The van der Waals surface area contributed by atoms with E-state index >= 15 is 0 Å². The van der Waals surface area contributed by atoms with E-state index in [2.05, 4.69) is 226 Å². The van der Waals surface area contributed by atoms with Gasteiger partial charge < -0.3 is 18.6 Å². The third kappa shape index (κ3) is 6.35. The topological polar surface area (TPSA) is 32.8 Å². The van der Waals surface area contributed by atoms with E-state index in [0.717, 1.165) is 88.8 Å². The van der Waals surface area contributed by atoms with Crippen LogP contribution in [0.4, 0.5) is 34.1 Å². The molecule has 0 saturated heterocycles. The summed E-state index contributed by atoms with van der Waals surface area (Å²) in [5, 5.41) is 11.5. The lowest BCUT2D eigenvalue weighted by Crippen LogP contribution is -2.12. The highest BCUT2D eigenvalue weighted by atomic mass is 16.3. The maximum absolute atomic E-state index is 6.78. The van der Waals surface area contributed by atoms with Crippen molar-refractivity contribution < 1.29 is 8.83 Å². The van der Waals surface area contributed by atoms with Gasteiger partial charge in [0.2, 0.25) is 0 Å². The Balaban J connectivity index is 1.14. The Morgan fingerprint density at radius 3 is 1.42 bits per heavy atom. The summed E-state index contributed by atoms with van der Waals surface area (Å²) in [6.45, 7) is 11.1. The van der Waals surface area contributed by atoms with E-state index in [1.807, 2.05) is 6.07 Å². The van der Waals surface area contributed by atoms with Gasteiger partial charge in [0.15, 0.2) is 5.58 Å². The van der Waals surface area contributed by atoms with Crippen LogP contribution >= 0.6 is 0 Å². The second-order valence-corrected chi connectivity index (χ2v) is 18.2. The Kier molecular flexibility index (Phi) is 9.06. The molecule has 2 aromatic heterocycles. The summed E-state index contributed by atoms with van der Waals surface area (Å²) in [5.41, 5.74) is 13.8. The van der Waals surface area contributed by atoms with Crippen LogP contribution in [-0.4, -0.2) is 0 Å². The van der Waals surface area contributed by atoms with Crippen molar-refractivity contribution in [1.29, 1.82) is 0 Å². The summed E-state index contributed by atoms with van der Waals surface area (Å²) in [4.78, 5) is 4.85. The summed E-state index contributed by atoms with van der Waals surface area (Å²) in [5.74, 6) is 0.833. The zero-order valence-electron chi connectivity index (χ0n) is 37.3. The van der Waals surface area contributed by atoms with E-state index in [4.69, 9.17) is 8.83 Å². The number of nitrogens with zero attached hydrogens (tertiary/aromatic N) is 2. The Morgan fingerprint density at radius 1 is 0.323 bits per heavy atom. The lowest BCUT2D eigenvalue weighted by molar-refractivity contribution is 0.668. The van der Waals surface area contributed by atoms with Gasteiger partial charge in [0, 0.05) is 49.4 Å². The van der Waals surface area contributed by atoms with E-state index in [9.17, 15) is 0 Å². The molecule has 314 valence electrons. The zero-order valence-corrected chi connectivity index (χ0v) is 37.3. The Hall–Kier alpha value is -7.82. The van der Waals surface area contributed by atoms with E-state index in [1.54, 1.807) is 0 Å². The molecule has 0 aliphatic heterocycles. The van der Waals surface area contributed by atoms with Crippen LogP contribution in [0.1, 0.15) is 56.2 Å². The fourth-order valence-electron chi connectivity index (χ4n) is 10.1. The van der Waals surface area contributed by atoms with Crippen molar-refractivity contribution in [2.75, 3.05) is 9.80 Å². The van der Waals surface area contributed by atoms with E-state index in [0.29, 0.717) is 11.8 Å². The van der Waals surface area contributed by atoms with Crippen LogP contribution in [0, 0.1) is 6.92 Å². The van der Waals surface area contributed by atoms with Gasteiger partial charge in [-0.3, -0.25) is 0 Å². The van der Waals surface area contributed by atoms with Crippen molar-refractivity contribution in [3.8, 4) is 0 Å². The summed E-state index contributed by atoms with van der Waals surface area (Å²) >= 11 is 0. The molecule has 12 rings (SSSR count). The minimum Gasteiger partial charge on any atom is -0.456 e. The molecule has 0 saturated carbocycles. The zero-order chi connectivity index (χ0) is 43.9. The number of para-hydroxylation sites is 2. The van der Waals surface area contributed by atoms with Crippen LogP contribution < -0.4 is 9.80 Å². The SMILES string of the molecule is Cc1ccc2oc3ccc(N(c4ccc(C(C)C)cc4)c4cc5c6ccccc6c(N(c6ccc(C(C)C)cc6)c6cccc7c6oc6ccccc67)cc5c5ccccc45)cc3c2c1. The Morgan fingerprint density at radius 2 is 0.800 bits per heavy atom. The summed E-state index contributed by atoms with van der Waals surface area (Å²) in [6, 6.07) is 68.8. The number of anilines is 6. The van der Waals surface area contributed by atoms with Gasteiger partial charge >= 0.3 is 0 Å². The molecule has 0 N–H and O–H groups in total. The normalized spacial score (nSPS) is 12.0. The summed E-state index contributed by atoms with van der Waals surface area (Å²) in [6.07, 6.45) is 0. The van der Waals surface area contributed by atoms with Crippen LogP contribution in [0.3, 0.4) is 0 Å². The van der Waals surface area contributed by atoms with Crippen LogP contribution in [-0.2, 0) is 0 Å². The smallest absolute Gasteiger partial charge is 0.159 e. The molecule has 0 spiro atoms. The van der Waals surface area contributed by atoms with Crippen LogP contribution in [0.25, 0.3) is 76.2 Å². The van der Waals surface area contributed by atoms with Gasteiger partial charge in [0.25, 0.3) is 0 Å². The quantitative estimate of drug-likeness (QED) is 0.143. The molecular weight excluding hydrogens is 793 g/mol. The average molecular weight is 841 g/mol. The van der Waals surface area contributed by atoms with Crippen LogP contribution in [0.2, 0.25) is 0 Å². The molecular formula is C61H48N2O2. The molecule has 0 aliphatic rings. The van der Waals surface area contributed by atoms with E-state index in [1.165, 1.54) is 38.2 Å². The number of benzene rings is 10. The van der Waals surface area contributed by atoms with Crippen molar-refractivity contribution in [1.82, 2.24) is 0 Å². The minimum absolute atomic E-state index is 0.413. The first-order chi connectivity index (χ1) is 31.8. The predicted molar refractivity (Wildman–Crippen MR) is 276 cm³/mol. The standard InChI is InChI=1S/C61H48N2O2/c1-37(2)40-22-26-42(27-23-40)62(44-30-32-60-54(34-44)53-33-39(5)21-31-59(53)64-60)56-35-51-46-14-7-9-16-48(46)57(36-52(51)45-13-6-8-15-47(45)56)63(43-28-24-41(25-29-43)38(3)4)55-19-12-18-50-49-17-10-11-20-58(49)65-61(50)55/h6-38H,1-5H3. The molecule has 12 aromatic rings. The fraction of sp³-hybridized carbons (Fsp3) is 0.115. The highest BCUT2D eigenvalue weighted by Gasteiger charge is 2.25. The van der Waals surface area contributed by atoms with Gasteiger partial charge in [0.05, 0.1) is 17.1 Å². The number of hydrogen-bond acceptors (Lipinski definition) is 4. The third-order valence-corrected chi connectivity index (χ3v) is 13.4. The van der Waals surface area contributed by atoms with Crippen molar-refractivity contribution >= 4 is 110 Å². The highest BCUT2D eigenvalue weighted by molar-refractivity contribution is 6.25. The lowest BCUT2D eigenvalue weighted by atomic mass is 9.93. The van der Waals surface area contributed by atoms with Gasteiger partial charge in [-0.1, -0.05) is 142 Å². The largest absolute Gasteiger partial charge is 0.456 e. The molecule has 0 fully saturated rings. The average Bonchev–Trinajstić information content (AvgIpc) is 3.90. The number of furan rings is 2. The van der Waals surface area contributed by atoms with E-state index < -0.39 is 0 Å². The molecule has 4 nitrogen and oxygen atoms in total. The fourth-order valence-corrected chi connectivity index (χ4v) is 10.1. The van der Waals surface area contributed by atoms with Crippen molar-refractivity contribution in [3.63, 3.8) is 0 Å².